The molecule has 3 heterocycles. The summed E-state index contributed by atoms with van der Waals surface area (Å²) in [5.74, 6) is 2.16. The Balaban J connectivity index is 1.82. The van der Waals surface area contributed by atoms with E-state index in [9.17, 15) is 0 Å². The second-order valence-electron chi connectivity index (χ2n) is 7.83. The van der Waals surface area contributed by atoms with Gasteiger partial charge in [-0.2, -0.15) is 0 Å². The minimum atomic E-state index is -0.0853. The Labute approximate surface area is 138 Å². The predicted octanol–water partition coefficient (Wildman–Crippen LogP) is 3.00. The van der Waals surface area contributed by atoms with Gasteiger partial charge in [0.1, 0.15) is 23.2 Å². The lowest BCUT2D eigenvalue weighted by Crippen LogP contribution is -2.55. The van der Waals surface area contributed by atoms with Crippen LogP contribution in [0.5, 0.6) is 11.5 Å². The SMILES string of the molecule is Cc1c(C)c2c(c3c1O[C@H]1[C@@H](C3)OCCN1C)CCC(C)(C)O2. The molecule has 23 heavy (non-hydrogen) atoms. The van der Waals surface area contributed by atoms with Crippen molar-refractivity contribution in [1.29, 1.82) is 0 Å². The van der Waals surface area contributed by atoms with Crippen LogP contribution in [0.2, 0.25) is 0 Å². The second kappa shape index (κ2) is 5.12. The maximum Gasteiger partial charge on any atom is 0.179 e. The number of morpholine rings is 1. The Morgan fingerprint density at radius 1 is 1.09 bits per heavy atom. The lowest BCUT2D eigenvalue weighted by Gasteiger charge is -2.44. The maximum absolute atomic E-state index is 6.42. The van der Waals surface area contributed by atoms with E-state index in [0.717, 1.165) is 43.9 Å². The van der Waals surface area contributed by atoms with E-state index < -0.39 is 0 Å². The van der Waals surface area contributed by atoms with Gasteiger partial charge in [0, 0.05) is 24.1 Å². The molecule has 0 aromatic heterocycles. The minimum Gasteiger partial charge on any atom is -0.487 e. The van der Waals surface area contributed by atoms with E-state index in [1.165, 1.54) is 22.3 Å². The predicted molar refractivity (Wildman–Crippen MR) is 89.4 cm³/mol. The zero-order chi connectivity index (χ0) is 16.4. The molecule has 4 rings (SSSR count). The summed E-state index contributed by atoms with van der Waals surface area (Å²) in [4.78, 5) is 2.27. The molecule has 0 radical (unpaired) electrons. The van der Waals surface area contributed by atoms with E-state index in [1.807, 2.05) is 0 Å². The quantitative estimate of drug-likeness (QED) is 0.736. The Morgan fingerprint density at radius 3 is 2.61 bits per heavy atom. The molecule has 3 aliphatic rings. The van der Waals surface area contributed by atoms with Crippen LogP contribution >= 0.6 is 0 Å². The van der Waals surface area contributed by atoms with E-state index in [-0.39, 0.29) is 17.9 Å². The Hall–Kier alpha value is -1.26. The van der Waals surface area contributed by atoms with Gasteiger partial charge in [-0.1, -0.05) is 0 Å². The molecule has 0 saturated carbocycles. The zero-order valence-corrected chi connectivity index (χ0v) is 14.9. The van der Waals surface area contributed by atoms with Crippen LogP contribution in [-0.4, -0.2) is 43.0 Å². The van der Waals surface area contributed by atoms with Gasteiger partial charge in [0.05, 0.1) is 6.61 Å². The van der Waals surface area contributed by atoms with Crippen LogP contribution in [0.4, 0.5) is 0 Å². The van der Waals surface area contributed by atoms with Gasteiger partial charge < -0.3 is 14.2 Å². The van der Waals surface area contributed by atoms with E-state index in [0.29, 0.717) is 0 Å². The van der Waals surface area contributed by atoms with Crippen molar-refractivity contribution >= 4 is 0 Å². The van der Waals surface area contributed by atoms with Crippen molar-refractivity contribution in [3.63, 3.8) is 0 Å². The van der Waals surface area contributed by atoms with Crippen molar-refractivity contribution in [3.8, 4) is 11.5 Å². The number of ether oxygens (including phenoxy) is 3. The first-order chi connectivity index (χ1) is 10.9. The average molecular weight is 317 g/mol. The first kappa shape index (κ1) is 15.3. The minimum absolute atomic E-state index is 0.0355. The maximum atomic E-state index is 6.42. The fraction of sp³-hybridized carbons (Fsp3) is 0.684. The molecule has 2 atom stereocenters. The van der Waals surface area contributed by atoms with Crippen LogP contribution in [0, 0.1) is 13.8 Å². The van der Waals surface area contributed by atoms with Gasteiger partial charge >= 0.3 is 0 Å². The molecule has 1 saturated heterocycles. The summed E-state index contributed by atoms with van der Waals surface area (Å²) in [5, 5.41) is 0. The summed E-state index contributed by atoms with van der Waals surface area (Å²) in [5.41, 5.74) is 5.02. The van der Waals surface area contributed by atoms with Crippen molar-refractivity contribution in [2.24, 2.45) is 0 Å². The van der Waals surface area contributed by atoms with Gasteiger partial charge in [0.2, 0.25) is 0 Å². The van der Waals surface area contributed by atoms with Gasteiger partial charge in [-0.15, -0.1) is 0 Å². The molecule has 0 bridgehead atoms. The summed E-state index contributed by atoms with van der Waals surface area (Å²) in [6, 6.07) is 0. The number of likely N-dealkylation sites (N-methyl/N-ethyl adjacent to an activating group) is 1. The van der Waals surface area contributed by atoms with Crippen LogP contribution in [0.25, 0.3) is 0 Å². The van der Waals surface area contributed by atoms with Crippen LogP contribution in [0.15, 0.2) is 0 Å². The molecular formula is C19H27NO3. The molecule has 3 aliphatic heterocycles. The first-order valence-electron chi connectivity index (χ1n) is 8.70. The van der Waals surface area contributed by atoms with Crippen molar-refractivity contribution < 1.29 is 14.2 Å². The van der Waals surface area contributed by atoms with E-state index >= 15 is 0 Å². The molecule has 1 aromatic rings. The van der Waals surface area contributed by atoms with E-state index in [4.69, 9.17) is 14.2 Å². The van der Waals surface area contributed by atoms with E-state index in [1.54, 1.807) is 0 Å². The fourth-order valence-corrected chi connectivity index (χ4v) is 4.09. The lowest BCUT2D eigenvalue weighted by atomic mass is 9.84. The summed E-state index contributed by atoms with van der Waals surface area (Å²) < 4.78 is 18.8. The molecule has 1 fully saturated rings. The lowest BCUT2D eigenvalue weighted by molar-refractivity contribution is -0.142. The van der Waals surface area contributed by atoms with Gasteiger partial charge in [-0.05, 0) is 58.7 Å². The third kappa shape index (κ3) is 2.34. The summed E-state index contributed by atoms with van der Waals surface area (Å²) in [6.07, 6.45) is 3.19. The standard InChI is InChI=1S/C19H27NO3/c1-11-12(2)17-13(6-7-19(3,4)23-17)14-10-15-18(22-16(11)14)20(5)8-9-21-15/h15,18H,6-10H2,1-5H3/t15-,18+/m1/s1. The normalized spacial score (nSPS) is 28.9. The molecule has 0 N–H and O–H groups in total. The van der Waals surface area contributed by atoms with Crippen molar-refractivity contribution in [3.05, 3.63) is 22.3 Å². The number of hydrogen-bond acceptors (Lipinski definition) is 4. The summed E-state index contributed by atoms with van der Waals surface area (Å²) in [6.45, 7) is 10.4. The molecule has 0 spiro atoms. The molecule has 0 aliphatic carbocycles. The fourth-order valence-electron chi connectivity index (χ4n) is 4.09. The highest BCUT2D eigenvalue weighted by molar-refractivity contribution is 5.60. The third-order valence-electron chi connectivity index (χ3n) is 5.68. The summed E-state index contributed by atoms with van der Waals surface area (Å²) >= 11 is 0. The number of benzene rings is 1. The van der Waals surface area contributed by atoms with Gasteiger partial charge in [-0.3, -0.25) is 4.90 Å². The van der Waals surface area contributed by atoms with E-state index in [2.05, 4.69) is 39.6 Å². The van der Waals surface area contributed by atoms with Crippen LogP contribution in [-0.2, 0) is 17.6 Å². The second-order valence-corrected chi connectivity index (χ2v) is 7.83. The molecule has 126 valence electrons. The molecule has 1 aromatic carbocycles. The first-order valence-corrected chi connectivity index (χ1v) is 8.70. The number of hydrogen-bond donors (Lipinski definition) is 0. The van der Waals surface area contributed by atoms with Gasteiger partial charge in [0.15, 0.2) is 6.23 Å². The zero-order valence-electron chi connectivity index (χ0n) is 14.9. The average Bonchev–Trinajstić information content (AvgIpc) is 2.51. The van der Waals surface area contributed by atoms with Crippen LogP contribution in [0.1, 0.15) is 42.5 Å². The van der Waals surface area contributed by atoms with Gasteiger partial charge in [-0.25, -0.2) is 0 Å². The topological polar surface area (TPSA) is 30.9 Å². The number of rotatable bonds is 0. The monoisotopic (exact) mass is 317 g/mol. The largest absolute Gasteiger partial charge is 0.487 e. The number of nitrogens with zero attached hydrogens (tertiary/aromatic N) is 1. The molecular weight excluding hydrogens is 290 g/mol. The van der Waals surface area contributed by atoms with Crippen LogP contribution < -0.4 is 9.47 Å². The highest BCUT2D eigenvalue weighted by atomic mass is 16.6. The number of fused-ring (bicyclic) bond motifs is 4. The highest BCUT2D eigenvalue weighted by Gasteiger charge is 2.41. The molecule has 0 amide bonds. The Kier molecular flexibility index (Phi) is 3.40. The molecule has 4 nitrogen and oxygen atoms in total. The summed E-state index contributed by atoms with van der Waals surface area (Å²) in [7, 11) is 2.12. The van der Waals surface area contributed by atoms with Crippen molar-refractivity contribution in [1.82, 2.24) is 4.90 Å². The molecule has 4 heteroatoms. The van der Waals surface area contributed by atoms with Crippen LogP contribution in [0.3, 0.4) is 0 Å². The molecule has 0 unspecified atom stereocenters. The highest BCUT2D eigenvalue weighted by Crippen LogP contribution is 2.47. The Morgan fingerprint density at radius 2 is 1.83 bits per heavy atom. The van der Waals surface area contributed by atoms with Crippen molar-refractivity contribution in [2.75, 3.05) is 20.2 Å². The Bertz CT molecular complexity index is 653. The smallest absolute Gasteiger partial charge is 0.179 e. The third-order valence-corrected chi connectivity index (χ3v) is 5.68. The van der Waals surface area contributed by atoms with Crippen molar-refractivity contribution in [2.45, 2.75) is 64.9 Å². The van der Waals surface area contributed by atoms with Gasteiger partial charge in [0.25, 0.3) is 0 Å².